The van der Waals surface area contributed by atoms with Crippen molar-refractivity contribution >= 4 is 5.57 Å². The van der Waals surface area contributed by atoms with Gasteiger partial charge in [-0.15, -0.1) is 0 Å². The first-order valence-electron chi connectivity index (χ1n) is 7.90. The molecule has 0 fully saturated rings. The maximum atomic E-state index is 2.51. The normalized spacial score (nSPS) is 15.8. The van der Waals surface area contributed by atoms with Gasteiger partial charge >= 0.3 is 0 Å². The molecule has 1 aliphatic rings. The largest absolute Gasteiger partial charge is 0.295 e. The van der Waals surface area contributed by atoms with Crippen LogP contribution in [-0.2, 0) is 13.0 Å². The summed E-state index contributed by atoms with van der Waals surface area (Å²) in [6, 6.07) is 19.8. The Kier molecular flexibility index (Phi) is 4.52. The van der Waals surface area contributed by atoms with E-state index in [-0.39, 0.29) is 0 Å². The van der Waals surface area contributed by atoms with Crippen molar-refractivity contribution in [3.63, 3.8) is 0 Å². The Morgan fingerprint density at radius 2 is 1.67 bits per heavy atom. The van der Waals surface area contributed by atoms with Gasteiger partial charge in [-0.05, 0) is 35.1 Å². The summed E-state index contributed by atoms with van der Waals surface area (Å²) in [5.41, 5.74) is 5.72. The van der Waals surface area contributed by atoms with Crippen LogP contribution in [0.3, 0.4) is 0 Å². The molecule has 1 heteroatoms. The predicted molar refractivity (Wildman–Crippen MR) is 90.1 cm³/mol. The van der Waals surface area contributed by atoms with Crippen LogP contribution in [0.4, 0.5) is 0 Å². The zero-order valence-electron chi connectivity index (χ0n) is 12.8. The van der Waals surface area contributed by atoms with Crippen LogP contribution in [0.25, 0.3) is 5.57 Å². The van der Waals surface area contributed by atoms with Gasteiger partial charge in [-0.1, -0.05) is 67.6 Å². The molecule has 0 atom stereocenters. The standard InChI is InChI=1S/C20H23N/c1-2-17-8-10-19(11-9-17)20-12-14-21(15-13-20)16-18-6-4-3-5-7-18/h3-12H,2,13-16H2,1H3. The molecule has 1 nitrogen and oxygen atoms in total. The molecule has 3 rings (SSSR count). The summed E-state index contributed by atoms with van der Waals surface area (Å²) in [5, 5.41) is 0. The van der Waals surface area contributed by atoms with Gasteiger partial charge in [-0.2, -0.15) is 0 Å². The summed E-state index contributed by atoms with van der Waals surface area (Å²) in [4.78, 5) is 2.51. The molecule has 1 heterocycles. The van der Waals surface area contributed by atoms with Gasteiger partial charge in [0.2, 0.25) is 0 Å². The smallest absolute Gasteiger partial charge is 0.0237 e. The Bertz CT molecular complexity index is 595. The molecule has 2 aromatic carbocycles. The number of aryl methyl sites for hydroxylation is 1. The van der Waals surface area contributed by atoms with E-state index in [1.54, 1.807) is 0 Å². The van der Waals surface area contributed by atoms with E-state index in [2.05, 4.69) is 72.5 Å². The van der Waals surface area contributed by atoms with E-state index < -0.39 is 0 Å². The molecule has 0 unspecified atom stereocenters. The van der Waals surface area contributed by atoms with Gasteiger partial charge in [0, 0.05) is 19.6 Å². The molecular formula is C20H23N. The van der Waals surface area contributed by atoms with Crippen molar-refractivity contribution in [1.29, 1.82) is 0 Å². The minimum Gasteiger partial charge on any atom is -0.295 e. The molecule has 0 saturated carbocycles. The Balaban J connectivity index is 1.63. The van der Waals surface area contributed by atoms with Crippen molar-refractivity contribution in [2.24, 2.45) is 0 Å². The lowest BCUT2D eigenvalue weighted by molar-refractivity contribution is 0.294. The molecule has 108 valence electrons. The maximum Gasteiger partial charge on any atom is 0.0237 e. The molecule has 0 radical (unpaired) electrons. The van der Waals surface area contributed by atoms with Gasteiger partial charge in [0.05, 0.1) is 0 Å². The van der Waals surface area contributed by atoms with E-state index in [1.807, 2.05) is 0 Å². The van der Waals surface area contributed by atoms with Gasteiger partial charge in [0.25, 0.3) is 0 Å². The highest BCUT2D eigenvalue weighted by atomic mass is 15.1. The van der Waals surface area contributed by atoms with Crippen LogP contribution in [0.15, 0.2) is 60.7 Å². The maximum absolute atomic E-state index is 2.51. The molecule has 0 spiro atoms. The second-order valence-corrected chi connectivity index (χ2v) is 5.75. The number of benzene rings is 2. The van der Waals surface area contributed by atoms with Crippen molar-refractivity contribution in [2.75, 3.05) is 13.1 Å². The zero-order chi connectivity index (χ0) is 14.5. The highest BCUT2D eigenvalue weighted by Crippen LogP contribution is 2.23. The minimum absolute atomic E-state index is 1.05. The van der Waals surface area contributed by atoms with Crippen molar-refractivity contribution in [3.05, 3.63) is 77.4 Å². The lowest BCUT2D eigenvalue weighted by atomic mass is 9.98. The molecular weight excluding hydrogens is 254 g/mol. The molecule has 0 aromatic heterocycles. The van der Waals surface area contributed by atoms with Crippen molar-refractivity contribution in [3.8, 4) is 0 Å². The summed E-state index contributed by atoms with van der Waals surface area (Å²) in [7, 11) is 0. The summed E-state index contributed by atoms with van der Waals surface area (Å²) in [6.07, 6.45) is 4.66. The average Bonchev–Trinajstić information content (AvgIpc) is 2.57. The molecule has 0 saturated heterocycles. The SMILES string of the molecule is CCc1ccc(C2=CCN(Cc3ccccc3)CC2)cc1. The van der Waals surface area contributed by atoms with Gasteiger partial charge in [0.1, 0.15) is 0 Å². The topological polar surface area (TPSA) is 3.24 Å². The number of nitrogens with zero attached hydrogens (tertiary/aromatic N) is 1. The Morgan fingerprint density at radius 1 is 0.905 bits per heavy atom. The minimum atomic E-state index is 1.05. The van der Waals surface area contributed by atoms with E-state index in [9.17, 15) is 0 Å². The summed E-state index contributed by atoms with van der Waals surface area (Å²) < 4.78 is 0. The van der Waals surface area contributed by atoms with Crippen LogP contribution in [0.1, 0.15) is 30.0 Å². The Labute approximate surface area is 127 Å². The van der Waals surface area contributed by atoms with Gasteiger partial charge in [0.15, 0.2) is 0 Å². The third-order valence-electron chi connectivity index (χ3n) is 4.28. The van der Waals surface area contributed by atoms with Crippen LogP contribution in [0, 0.1) is 0 Å². The molecule has 0 N–H and O–H groups in total. The van der Waals surface area contributed by atoms with E-state index in [4.69, 9.17) is 0 Å². The third-order valence-corrected chi connectivity index (χ3v) is 4.28. The molecule has 0 bridgehead atoms. The first-order valence-corrected chi connectivity index (χ1v) is 7.90. The van der Waals surface area contributed by atoms with Crippen LogP contribution in [0.5, 0.6) is 0 Å². The lowest BCUT2D eigenvalue weighted by Gasteiger charge is -2.26. The van der Waals surface area contributed by atoms with Crippen LogP contribution >= 0.6 is 0 Å². The Morgan fingerprint density at radius 3 is 2.29 bits per heavy atom. The lowest BCUT2D eigenvalue weighted by Crippen LogP contribution is -2.27. The van der Waals surface area contributed by atoms with Crippen molar-refractivity contribution in [2.45, 2.75) is 26.3 Å². The Hall–Kier alpha value is -1.86. The molecule has 0 aliphatic carbocycles. The van der Waals surface area contributed by atoms with Crippen LogP contribution in [0.2, 0.25) is 0 Å². The van der Waals surface area contributed by atoms with E-state index >= 15 is 0 Å². The van der Waals surface area contributed by atoms with E-state index in [0.29, 0.717) is 0 Å². The number of hydrogen-bond acceptors (Lipinski definition) is 1. The van der Waals surface area contributed by atoms with Crippen molar-refractivity contribution in [1.82, 2.24) is 4.90 Å². The summed E-state index contributed by atoms with van der Waals surface area (Å²) >= 11 is 0. The fourth-order valence-corrected chi connectivity index (χ4v) is 2.91. The number of hydrogen-bond donors (Lipinski definition) is 0. The summed E-state index contributed by atoms with van der Waals surface area (Å²) in [6.45, 7) is 5.46. The monoisotopic (exact) mass is 277 g/mol. The van der Waals surface area contributed by atoms with Crippen molar-refractivity contribution < 1.29 is 0 Å². The quantitative estimate of drug-likeness (QED) is 0.793. The molecule has 21 heavy (non-hydrogen) atoms. The fraction of sp³-hybridized carbons (Fsp3) is 0.300. The predicted octanol–water partition coefficient (Wildman–Crippen LogP) is 4.54. The first-order chi connectivity index (χ1) is 10.3. The average molecular weight is 277 g/mol. The van der Waals surface area contributed by atoms with E-state index in [0.717, 1.165) is 32.5 Å². The second-order valence-electron chi connectivity index (χ2n) is 5.75. The van der Waals surface area contributed by atoms with E-state index in [1.165, 1.54) is 22.3 Å². The second kappa shape index (κ2) is 6.73. The molecule has 1 aliphatic heterocycles. The third kappa shape index (κ3) is 3.62. The highest BCUT2D eigenvalue weighted by Gasteiger charge is 2.13. The zero-order valence-corrected chi connectivity index (χ0v) is 12.8. The first kappa shape index (κ1) is 14.1. The highest BCUT2D eigenvalue weighted by molar-refractivity contribution is 5.66. The fourth-order valence-electron chi connectivity index (χ4n) is 2.91. The van der Waals surface area contributed by atoms with Gasteiger partial charge in [-0.3, -0.25) is 4.90 Å². The van der Waals surface area contributed by atoms with Gasteiger partial charge in [-0.25, -0.2) is 0 Å². The number of rotatable bonds is 4. The molecule has 2 aromatic rings. The van der Waals surface area contributed by atoms with Gasteiger partial charge < -0.3 is 0 Å². The van der Waals surface area contributed by atoms with Crippen LogP contribution in [-0.4, -0.2) is 18.0 Å². The van der Waals surface area contributed by atoms with Crippen LogP contribution < -0.4 is 0 Å². The summed E-state index contributed by atoms with van der Waals surface area (Å²) in [5.74, 6) is 0. The molecule has 0 amide bonds.